The summed E-state index contributed by atoms with van der Waals surface area (Å²) in [4.78, 5) is 13.4. The van der Waals surface area contributed by atoms with Crippen LogP contribution in [0.4, 0.5) is 0 Å². The van der Waals surface area contributed by atoms with Crippen LogP contribution in [-0.2, 0) is 4.79 Å². The number of rotatable bonds is 3. The molecule has 0 saturated carbocycles. The monoisotopic (exact) mass is 216 g/mol. The normalized spacial score (nSPS) is 29.5. The topological polar surface area (TPSA) is 72.8 Å². The molecule has 88 valence electrons. The van der Waals surface area contributed by atoms with Gasteiger partial charge in [0.1, 0.15) is 0 Å². The van der Waals surface area contributed by atoms with Crippen LogP contribution in [0.3, 0.4) is 0 Å². The van der Waals surface area contributed by atoms with E-state index in [-0.39, 0.29) is 18.0 Å². The maximum absolute atomic E-state index is 11.6. The second-order valence-electron chi connectivity index (χ2n) is 4.43. The van der Waals surface area contributed by atoms with Crippen molar-refractivity contribution in [2.24, 2.45) is 0 Å². The van der Waals surface area contributed by atoms with Gasteiger partial charge in [0.2, 0.25) is 5.91 Å². The number of hydrogen-bond acceptors (Lipinski definition) is 4. The average Bonchev–Trinajstić information content (AvgIpc) is 2.44. The Balaban J connectivity index is 2.47. The minimum absolute atomic E-state index is 0.0636. The van der Waals surface area contributed by atoms with Crippen LogP contribution < -0.4 is 5.32 Å². The number of likely N-dealkylation sites (tertiary alicyclic amines) is 1. The summed E-state index contributed by atoms with van der Waals surface area (Å²) in [6.45, 7) is 6.29. The Morgan fingerprint density at radius 3 is 2.13 bits per heavy atom. The van der Waals surface area contributed by atoms with Crippen molar-refractivity contribution < 1.29 is 15.0 Å². The first kappa shape index (κ1) is 12.4. The summed E-state index contributed by atoms with van der Waals surface area (Å²) in [5, 5.41) is 21.5. The molecular formula is C10H20N2O3. The molecule has 0 aromatic carbocycles. The molecular weight excluding hydrogens is 196 g/mol. The number of β-amino-alcohol motifs (C(OH)–C–C–N with tert-alkyl or cyclic N) is 2. The molecule has 0 spiro atoms. The summed E-state index contributed by atoms with van der Waals surface area (Å²) in [5.41, 5.74) is 0. The highest BCUT2D eigenvalue weighted by Crippen LogP contribution is 2.13. The van der Waals surface area contributed by atoms with Crippen molar-refractivity contribution in [1.29, 1.82) is 0 Å². The van der Waals surface area contributed by atoms with Crippen LogP contribution >= 0.6 is 0 Å². The van der Waals surface area contributed by atoms with Crippen LogP contribution in [0.15, 0.2) is 0 Å². The molecule has 1 aliphatic rings. The molecule has 1 saturated heterocycles. The highest BCUT2D eigenvalue weighted by molar-refractivity contribution is 5.81. The van der Waals surface area contributed by atoms with Crippen molar-refractivity contribution in [2.45, 2.75) is 45.1 Å². The van der Waals surface area contributed by atoms with Gasteiger partial charge in [-0.05, 0) is 20.8 Å². The van der Waals surface area contributed by atoms with Crippen molar-refractivity contribution in [3.63, 3.8) is 0 Å². The molecule has 15 heavy (non-hydrogen) atoms. The molecule has 1 unspecified atom stereocenters. The molecule has 3 atom stereocenters. The third kappa shape index (κ3) is 3.15. The highest BCUT2D eigenvalue weighted by atomic mass is 16.3. The molecule has 5 nitrogen and oxygen atoms in total. The summed E-state index contributed by atoms with van der Waals surface area (Å²) in [6.07, 6.45) is -1.47. The highest BCUT2D eigenvalue weighted by Gasteiger charge is 2.34. The Morgan fingerprint density at radius 2 is 1.73 bits per heavy atom. The fourth-order valence-corrected chi connectivity index (χ4v) is 1.69. The lowest BCUT2D eigenvalue weighted by molar-refractivity contribution is -0.126. The van der Waals surface area contributed by atoms with Crippen LogP contribution in [0.1, 0.15) is 20.8 Å². The molecule has 1 fully saturated rings. The van der Waals surface area contributed by atoms with Crippen LogP contribution in [0.25, 0.3) is 0 Å². The SMILES string of the molecule is CC(C)NC(=O)C(C)N1C[C@@H](O)[C@@H](O)C1. The van der Waals surface area contributed by atoms with Gasteiger partial charge in [-0.2, -0.15) is 0 Å². The second kappa shape index (κ2) is 4.92. The number of aliphatic hydroxyl groups excluding tert-OH is 2. The summed E-state index contributed by atoms with van der Waals surface area (Å²) in [6, 6.07) is -0.198. The fraction of sp³-hybridized carbons (Fsp3) is 0.900. The summed E-state index contributed by atoms with van der Waals surface area (Å²) in [5.74, 6) is -0.0636. The predicted molar refractivity (Wildman–Crippen MR) is 56.3 cm³/mol. The maximum atomic E-state index is 11.6. The zero-order valence-corrected chi connectivity index (χ0v) is 9.47. The van der Waals surface area contributed by atoms with Gasteiger partial charge in [0, 0.05) is 19.1 Å². The first-order valence-corrected chi connectivity index (χ1v) is 5.32. The van der Waals surface area contributed by atoms with Crippen LogP contribution in [-0.4, -0.2) is 58.4 Å². The maximum Gasteiger partial charge on any atom is 0.237 e. The Bertz CT molecular complexity index is 223. The van der Waals surface area contributed by atoms with Gasteiger partial charge in [-0.15, -0.1) is 0 Å². The van der Waals surface area contributed by atoms with Crippen molar-refractivity contribution >= 4 is 5.91 Å². The van der Waals surface area contributed by atoms with Gasteiger partial charge in [-0.3, -0.25) is 9.69 Å². The molecule has 0 radical (unpaired) electrons. The zero-order valence-electron chi connectivity index (χ0n) is 9.47. The van der Waals surface area contributed by atoms with E-state index in [1.165, 1.54) is 0 Å². The lowest BCUT2D eigenvalue weighted by Crippen LogP contribution is -2.46. The molecule has 1 aliphatic heterocycles. The Labute approximate surface area is 90.1 Å². The van der Waals surface area contributed by atoms with Crippen molar-refractivity contribution in [1.82, 2.24) is 10.2 Å². The first-order valence-electron chi connectivity index (χ1n) is 5.32. The largest absolute Gasteiger partial charge is 0.389 e. The van der Waals surface area contributed by atoms with Gasteiger partial charge in [0.05, 0.1) is 18.2 Å². The third-order valence-corrected chi connectivity index (χ3v) is 2.65. The molecule has 5 heteroatoms. The van der Waals surface area contributed by atoms with E-state index in [2.05, 4.69) is 5.32 Å². The zero-order chi connectivity index (χ0) is 11.6. The van der Waals surface area contributed by atoms with Gasteiger partial charge in [-0.1, -0.05) is 0 Å². The van der Waals surface area contributed by atoms with E-state index < -0.39 is 12.2 Å². The van der Waals surface area contributed by atoms with E-state index in [1.807, 2.05) is 13.8 Å². The quantitative estimate of drug-likeness (QED) is 0.562. The standard InChI is InChI=1S/C10H20N2O3/c1-6(2)11-10(15)7(3)12-4-8(13)9(14)5-12/h6-9,13-14H,4-5H2,1-3H3,(H,11,15)/t7?,8-,9+. The minimum Gasteiger partial charge on any atom is -0.389 e. The molecule has 1 amide bonds. The van der Waals surface area contributed by atoms with E-state index in [4.69, 9.17) is 0 Å². The minimum atomic E-state index is -0.737. The van der Waals surface area contributed by atoms with E-state index >= 15 is 0 Å². The molecule has 0 aromatic heterocycles. The number of amides is 1. The molecule has 0 bridgehead atoms. The molecule has 0 aliphatic carbocycles. The summed E-state index contributed by atoms with van der Waals surface area (Å²) in [7, 11) is 0. The third-order valence-electron chi connectivity index (χ3n) is 2.65. The van der Waals surface area contributed by atoms with Crippen molar-refractivity contribution in [2.75, 3.05) is 13.1 Å². The number of nitrogens with zero attached hydrogens (tertiary/aromatic N) is 1. The van der Waals surface area contributed by atoms with Gasteiger partial charge in [0.25, 0.3) is 0 Å². The van der Waals surface area contributed by atoms with Gasteiger partial charge in [-0.25, -0.2) is 0 Å². The average molecular weight is 216 g/mol. The Kier molecular flexibility index (Phi) is 4.07. The number of carbonyl (C=O) groups is 1. The van der Waals surface area contributed by atoms with E-state index in [1.54, 1.807) is 11.8 Å². The van der Waals surface area contributed by atoms with Crippen molar-refractivity contribution in [3.05, 3.63) is 0 Å². The fourth-order valence-electron chi connectivity index (χ4n) is 1.69. The van der Waals surface area contributed by atoms with Gasteiger partial charge in [0.15, 0.2) is 0 Å². The number of aliphatic hydroxyl groups is 2. The number of nitrogens with one attached hydrogen (secondary N) is 1. The van der Waals surface area contributed by atoms with Gasteiger partial charge >= 0.3 is 0 Å². The lowest BCUT2D eigenvalue weighted by Gasteiger charge is -2.23. The smallest absolute Gasteiger partial charge is 0.237 e. The predicted octanol–water partition coefficient (Wildman–Crippen LogP) is -1.06. The lowest BCUT2D eigenvalue weighted by atomic mass is 10.2. The summed E-state index contributed by atoms with van der Waals surface area (Å²) < 4.78 is 0. The molecule has 3 N–H and O–H groups in total. The van der Waals surface area contributed by atoms with Gasteiger partial charge < -0.3 is 15.5 Å². The molecule has 1 heterocycles. The first-order chi connectivity index (χ1) is 6.91. The Morgan fingerprint density at radius 1 is 1.27 bits per heavy atom. The summed E-state index contributed by atoms with van der Waals surface area (Å²) >= 11 is 0. The molecule has 1 rings (SSSR count). The number of hydrogen-bond donors (Lipinski definition) is 3. The van der Waals surface area contributed by atoms with Crippen LogP contribution in [0, 0.1) is 0 Å². The molecule has 0 aromatic rings. The van der Waals surface area contributed by atoms with Crippen molar-refractivity contribution in [3.8, 4) is 0 Å². The van der Waals surface area contributed by atoms with Crippen LogP contribution in [0.2, 0.25) is 0 Å². The number of carbonyl (C=O) groups excluding carboxylic acids is 1. The Hall–Kier alpha value is -0.650. The van der Waals surface area contributed by atoms with E-state index in [0.717, 1.165) is 0 Å². The second-order valence-corrected chi connectivity index (χ2v) is 4.43. The van der Waals surface area contributed by atoms with Crippen LogP contribution in [0.5, 0.6) is 0 Å². The van der Waals surface area contributed by atoms with E-state index in [9.17, 15) is 15.0 Å². The van der Waals surface area contributed by atoms with E-state index in [0.29, 0.717) is 13.1 Å².